The van der Waals surface area contributed by atoms with E-state index in [0.29, 0.717) is 11.0 Å². The number of unbranched alkanes of at least 4 members (excludes halogenated alkanes) is 1. The van der Waals surface area contributed by atoms with Crippen molar-refractivity contribution in [1.29, 1.82) is 0 Å². The topological polar surface area (TPSA) is 25.8 Å². The lowest BCUT2D eigenvalue weighted by molar-refractivity contribution is 0.220. The van der Waals surface area contributed by atoms with Gasteiger partial charge in [-0.15, -0.1) is 0 Å². The zero-order valence-corrected chi connectivity index (χ0v) is 22.5. The summed E-state index contributed by atoms with van der Waals surface area (Å²) in [7, 11) is 0. The van der Waals surface area contributed by atoms with Gasteiger partial charge in [-0.3, -0.25) is 0 Å². The van der Waals surface area contributed by atoms with Crippen LogP contribution in [0, 0.1) is 20.8 Å². The number of hydrogen-bond donors (Lipinski definition) is 0. The van der Waals surface area contributed by atoms with Crippen LogP contribution in [-0.2, 0) is 5.67 Å². The zero-order valence-electron chi connectivity index (χ0n) is 21.7. The molecule has 0 amide bonds. The normalized spacial score (nSPS) is 12.2. The van der Waals surface area contributed by atoms with E-state index in [9.17, 15) is 4.39 Å². The lowest BCUT2D eigenvalue weighted by Crippen LogP contribution is -2.32. The number of aryl methyl sites for hydroxylation is 2. The largest absolute Gasteiger partial charge is 0.239 e. The van der Waals surface area contributed by atoms with Gasteiger partial charge in [0.1, 0.15) is 11.5 Å². The predicted molar refractivity (Wildman–Crippen MR) is 140 cm³/mol. The van der Waals surface area contributed by atoms with Gasteiger partial charge in [0, 0.05) is 15.9 Å². The quantitative estimate of drug-likeness (QED) is 0.470. The van der Waals surface area contributed by atoms with Crippen molar-refractivity contribution in [3.8, 4) is 0 Å². The molecule has 0 saturated carbocycles. The van der Waals surface area contributed by atoms with Crippen LogP contribution in [0.5, 0.6) is 0 Å². The van der Waals surface area contributed by atoms with E-state index in [4.69, 9.17) is 11.6 Å². The number of alkyl halides is 1. The van der Waals surface area contributed by atoms with Crippen LogP contribution in [0.3, 0.4) is 0 Å². The molecule has 1 aromatic heterocycles. The number of nitrogens with zero attached hydrogens (tertiary/aromatic N) is 2. The average Bonchev–Trinajstić information content (AvgIpc) is 2.69. The van der Waals surface area contributed by atoms with Gasteiger partial charge in [-0.05, 0) is 70.2 Å². The van der Waals surface area contributed by atoms with E-state index in [1.165, 1.54) is 18.4 Å². The number of aromatic nitrogens is 2. The van der Waals surface area contributed by atoms with E-state index in [0.717, 1.165) is 33.2 Å². The zero-order chi connectivity index (χ0) is 25.1. The first kappa shape index (κ1) is 30.0. The number of halogens is 2. The predicted octanol–water partition coefficient (Wildman–Crippen LogP) is 7.56. The molecule has 0 N–H and O–H groups in total. The monoisotopic (exact) mass is 460 g/mol. The minimum Gasteiger partial charge on any atom is -0.239 e. The molecule has 2 nitrogen and oxygen atoms in total. The molecule has 4 heteroatoms. The lowest BCUT2D eigenvalue weighted by Gasteiger charge is -2.21. The molecule has 0 unspecified atom stereocenters. The minimum atomic E-state index is -1.24. The summed E-state index contributed by atoms with van der Waals surface area (Å²) in [5.74, 6) is 1.23. The third-order valence-corrected chi connectivity index (χ3v) is 5.10. The van der Waals surface area contributed by atoms with Gasteiger partial charge in [0.25, 0.3) is 0 Å². The molecule has 0 spiro atoms. The summed E-state index contributed by atoms with van der Waals surface area (Å²) in [5.41, 5.74) is 2.83. The van der Waals surface area contributed by atoms with Crippen molar-refractivity contribution < 1.29 is 4.39 Å². The molecule has 0 radical (unpaired) electrons. The van der Waals surface area contributed by atoms with E-state index in [2.05, 4.69) is 50.3 Å². The van der Waals surface area contributed by atoms with E-state index >= 15 is 0 Å². The maximum Gasteiger partial charge on any atom is 0.130 e. The van der Waals surface area contributed by atoms with Crippen LogP contribution in [-0.4, -0.2) is 9.97 Å². The van der Waals surface area contributed by atoms with Gasteiger partial charge >= 0.3 is 0 Å². The summed E-state index contributed by atoms with van der Waals surface area (Å²) in [4.78, 5) is 8.58. The first-order valence-electron chi connectivity index (χ1n) is 11.4. The minimum absolute atomic E-state index is 0.456. The Bertz CT molecular complexity index is 984. The van der Waals surface area contributed by atoms with Crippen molar-refractivity contribution in [1.82, 2.24) is 9.97 Å². The standard InChI is InChI=1S/C13H19F.C11H13ClN2.C4H10/c1-9(2)11-7-6-8-12(10(11)3)13(4,5)14;1-5-11-10(6-7(2)12)8(3)13-9(4)14-11;1-3-4-2/h6-9H,1-5H3;5-6H,2H2,1,3-4H3;3-4H2,1-2H3/b;10-6-,11-5+;. The molecule has 0 aliphatic heterocycles. The Morgan fingerprint density at radius 2 is 1.69 bits per heavy atom. The first-order chi connectivity index (χ1) is 14.8. The van der Waals surface area contributed by atoms with Gasteiger partial charge in [0.2, 0.25) is 0 Å². The van der Waals surface area contributed by atoms with Crippen molar-refractivity contribution in [3.63, 3.8) is 0 Å². The SMILES string of the molecule is C=C(Cl)/C=c1/c(C)nc(C)n/c1=C/C.CCCC.Cc1c(C(C)C)cccc1C(C)(C)F. The van der Waals surface area contributed by atoms with Crippen molar-refractivity contribution in [2.24, 2.45) is 0 Å². The molecule has 0 atom stereocenters. The van der Waals surface area contributed by atoms with Crippen LogP contribution < -0.4 is 10.6 Å². The highest BCUT2D eigenvalue weighted by molar-refractivity contribution is 6.33. The van der Waals surface area contributed by atoms with E-state index in [1.807, 2.05) is 45.9 Å². The van der Waals surface area contributed by atoms with Crippen LogP contribution in [0.15, 0.2) is 29.8 Å². The van der Waals surface area contributed by atoms with E-state index in [1.54, 1.807) is 19.9 Å². The van der Waals surface area contributed by atoms with Gasteiger partial charge in [0.05, 0.1) is 5.35 Å². The molecule has 0 fully saturated rings. The number of hydrogen-bond acceptors (Lipinski definition) is 2. The molecule has 0 aliphatic carbocycles. The van der Waals surface area contributed by atoms with Crippen molar-refractivity contribution in [2.45, 2.75) is 93.7 Å². The number of rotatable bonds is 4. The molecule has 2 aromatic rings. The van der Waals surface area contributed by atoms with Crippen molar-refractivity contribution in [3.05, 3.63) is 68.6 Å². The fourth-order valence-electron chi connectivity index (χ4n) is 3.23. The highest BCUT2D eigenvalue weighted by Crippen LogP contribution is 2.31. The van der Waals surface area contributed by atoms with Crippen LogP contribution in [0.4, 0.5) is 4.39 Å². The Balaban J connectivity index is 0.000000515. The Kier molecular flexibility index (Phi) is 13.3. The smallest absolute Gasteiger partial charge is 0.130 e. The number of allylic oxidation sites excluding steroid dienone is 1. The molecule has 0 saturated heterocycles. The van der Waals surface area contributed by atoms with Crippen LogP contribution in [0.1, 0.15) is 95.4 Å². The lowest BCUT2D eigenvalue weighted by atomic mass is 9.88. The van der Waals surface area contributed by atoms with Crippen LogP contribution >= 0.6 is 11.6 Å². The third kappa shape index (κ3) is 10.1. The van der Waals surface area contributed by atoms with Gasteiger partial charge in [-0.1, -0.05) is 83.0 Å². The van der Waals surface area contributed by atoms with E-state index in [-0.39, 0.29) is 0 Å². The first-order valence-corrected chi connectivity index (χ1v) is 11.8. The second-order valence-corrected chi connectivity index (χ2v) is 9.17. The summed E-state index contributed by atoms with van der Waals surface area (Å²) >= 11 is 5.73. The fourth-order valence-corrected chi connectivity index (χ4v) is 3.33. The second-order valence-electron chi connectivity index (χ2n) is 8.68. The Morgan fingerprint density at radius 3 is 2.09 bits per heavy atom. The average molecular weight is 461 g/mol. The molecule has 32 heavy (non-hydrogen) atoms. The summed E-state index contributed by atoms with van der Waals surface area (Å²) < 4.78 is 13.8. The fraction of sp³-hybridized carbons (Fsp3) is 0.500. The molecule has 1 aromatic carbocycles. The highest BCUT2D eigenvalue weighted by Gasteiger charge is 2.22. The van der Waals surface area contributed by atoms with Crippen molar-refractivity contribution >= 4 is 23.8 Å². The van der Waals surface area contributed by atoms with E-state index < -0.39 is 5.67 Å². The Morgan fingerprint density at radius 1 is 1.12 bits per heavy atom. The van der Waals surface area contributed by atoms with Gasteiger partial charge < -0.3 is 0 Å². The molecular weight excluding hydrogens is 419 g/mol. The molecule has 0 aliphatic rings. The summed E-state index contributed by atoms with van der Waals surface area (Å²) in [6, 6.07) is 5.90. The molecule has 178 valence electrons. The maximum absolute atomic E-state index is 13.8. The molecule has 1 heterocycles. The summed E-state index contributed by atoms with van der Waals surface area (Å²) in [6.45, 7) is 23.2. The Hall–Kier alpha value is -2.00. The summed E-state index contributed by atoms with van der Waals surface area (Å²) in [6.07, 6.45) is 6.36. The molecule has 0 bridgehead atoms. The second kappa shape index (κ2) is 14.2. The number of benzene rings is 1. The highest BCUT2D eigenvalue weighted by atomic mass is 35.5. The van der Waals surface area contributed by atoms with Gasteiger partial charge in [-0.2, -0.15) is 0 Å². The molecule has 2 rings (SSSR count). The van der Waals surface area contributed by atoms with Gasteiger partial charge in [0.15, 0.2) is 0 Å². The summed E-state index contributed by atoms with van der Waals surface area (Å²) in [5, 5.41) is 2.33. The Labute approximate surface area is 200 Å². The van der Waals surface area contributed by atoms with Crippen LogP contribution in [0.25, 0.3) is 12.2 Å². The maximum atomic E-state index is 13.8. The van der Waals surface area contributed by atoms with Crippen molar-refractivity contribution in [2.75, 3.05) is 0 Å². The van der Waals surface area contributed by atoms with Gasteiger partial charge in [-0.25, -0.2) is 14.4 Å². The third-order valence-electron chi connectivity index (χ3n) is 4.99. The molecular formula is C28H42ClFN2. The van der Waals surface area contributed by atoms with Crippen LogP contribution in [0.2, 0.25) is 0 Å².